The summed E-state index contributed by atoms with van der Waals surface area (Å²) in [6, 6.07) is 16.8. The second-order valence-electron chi connectivity index (χ2n) is 14.3. The number of carbonyl (C=O) groups excluding carboxylic acids is 2. The number of carbonyl (C=O) groups is 2. The number of hydrogen-bond donors (Lipinski definition) is 3. The van der Waals surface area contributed by atoms with E-state index in [1.807, 2.05) is 45.0 Å². The van der Waals surface area contributed by atoms with Crippen LogP contribution in [0.3, 0.4) is 0 Å². The number of hydrogen-bond acceptors (Lipinski definition) is 8. The number of amides is 2. The van der Waals surface area contributed by atoms with Crippen molar-refractivity contribution in [2.45, 2.75) is 65.7 Å². The Morgan fingerprint density at radius 2 is 1.59 bits per heavy atom. The SMILES string of the molecule is CC(C)(C)OC(=O)N1CCN(CCOCCOc2ccc(CC/C(C(=O)Nc3nc4ccc(Cl)cc4[nH]3)=C(/N)c3ccc(C(F)(F)F)cc3)cc2)CC1.CCC. The maximum absolute atomic E-state index is 13.6. The minimum Gasteiger partial charge on any atom is -0.491 e. The maximum Gasteiger partial charge on any atom is 0.416 e. The molecule has 0 bridgehead atoms. The molecule has 4 aromatic rings. The molecule has 0 aliphatic carbocycles. The zero-order valence-electron chi connectivity index (χ0n) is 32.6. The number of rotatable bonds is 13. The zero-order valence-corrected chi connectivity index (χ0v) is 33.4. The fourth-order valence-corrected chi connectivity index (χ4v) is 5.80. The molecule has 5 rings (SSSR count). The number of nitrogens with two attached hydrogens (primary N) is 1. The monoisotopic (exact) mass is 800 g/mol. The van der Waals surface area contributed by atoms with Crippen LogP contribution in [0.5, 0.6) is 5.75 Å². The Labute approximate surface area is 331 Å². The van der Waals surface area contributed by atoms with Crippen molar-refractivity contribution < 1.29 is 37.0 Å². The van der Waals surface area contributed by atoms with Crippen molar-refractivity contribution in [1.29, 1.82) is 0 Å². The topological polar surface area (TPSA) is 135 Å². The molecule has 1 fully saturated rings. The van der Waals surface area contributed by atoms with Gasteiger partial charge in [0.15, 0.2) is 0 Å². The van der Waals surface area contributed by atoms with Crippen LogP contribution in [0.25, 0.3) is 16.7 Å². The third-order valence-electron chi connectivity index (χ3n) is 8.46. The molecule has 11 nitrogen and oxygen atoms in total. The van der Waals surface area contributed by atoms with E-state index >= 15 is 0 Å². The van der Waals surface area contributed by atoms with Crippen molar-refractivity contribution in [3.63, 3.8) is 0 Å². The number of aryl methyl sites for hydroxylation is 1. The first-order valence-electron chi connectivity index (χ1n) is 18.7. The van der Waals surface area contributed by atoms with Crippen LogP contribution >= 0.6 is 11.6 Å². The van der Waals surface area contributed by atoms with Gasteiger partial charge in [0.1, 0.15) is 18.0 Å². The van der Waals surface area contributed by atoms with E-state index in [2.05, 4.69) is 34.0 Å². The van der Waals surface area contributed by atoms with E-state index in [1.165, 1.54) is 18.6 Å². The third-order valence-corrected chi connectivity index (χ3v) is 8.69. The number of aromatic amines is 1. The Balaban J connectivity index is 0.00000225. The van der Waals surface area contributed by atoms with Gasteiger partial charge >= 0.3 is 12.3 Å². The number of alkyl halides is 3. The van der Waals surface area contributed by atoms with E-state index in [4.69, 9.17) is 31.5 Å². The molecule has 3 aromatic carbocycles. The molecule has 4 N–H and O–H groups in total. The van der Waals surface area contributed by atoms with Crippen LogP contribution in [0.2, 0.25) is 5.02 Å². The average molecular weight is 801 g/mol. The Morgan fingerprint density at radius 1 is 0.929 bits per heavy atom. The first kappa shape index (κ1) is 43.9. The molecule has 56 heavy (non-hydrogen) atoms. The summed E-state index contributed by atoms with van der Waals surface area (Å²) in [6.07, 6.45) is -2.94. The van der Waals surface area contributed by atoms with Crippen LogP contribution in [0.1, 0.15) is 64.2 Å². The molecular formula is C41H52ClF3N6O5. The Kier molecular flexibility index (Phi) is 16.0. The van der Waals surface area contributed by atoms with Gasteiger partial charge < -0.3 is 29.8 Å². The lowest BCUT2D eigenvalue weighted by Gasteiger charge is -2.35. The number of aromatic nitrogens is 2. The van der Waals surface area contributed by atoms with E-state index in [0.717, 1.165) is 37.3 Å². The summed E-state index contributed by atoms with van der Waals surface area (Å²) >= 11 is 6.08. The van der Waals surface area contributed by atoms with Gasteiger partial charge in [-0.3, -0.25) is 15.0 Å². The number of nitrogens with zero attached hydrogens (tertiary/aromatic N) is 3. The number of H-pyrrole nitrogens is 1. The highest BCUT2D eigenvalue weighted by atomic mass is 35.5. The van der Waals surface area contributed by atoms with E-state index < -0.39 is 23.2 Å². The summed E-state index contributed by atoms with van der Waals surface area (Å²) in [7, 11) is 0. The number of anilines is 1. The van der Waals surface area contributed by atoms with Crippen LogP contribution < -0.4 is 15.8 Å². The van der Waals surface area contributed by atoms with Crippen LogP contribution in [-0.2, 0) is 26.9 Å². The van der Waals surface area contributed by atoms with Crippen molar-refractivity contribution in [3.8, 4) is 5.75 Å². The van der Waals surface area contributed by atoms with Crippen molar-refractivity contribution >= 4 is 46.3 Å². The largest absolute Gasteiger partial charge is 0.491 e. The normalized spacial score (nSPS) is 14.1. The van der Waals surface area contributed by atoms with Crippen LogP contribution in [0, 0.1) is 0 Å². The lowest BCUT2D eigenvalue weighted by atomic mass is 9.98. The maximum atomic E-state index is 13.6. The van der Waals surface area contributed by atoms with Crippen molar-refractivity contribution in [2.75, 3.05) is 57.9 Å². The zero-order chi connectivity index (χ0) is 40.9. The lowest BCUT2D eigenvalue weighted by Crippen LogP contribution is -2.50. The molecule has 0 saturated carbocycles. The fourth-order valence-electron chi connectivity index (χ4n) is 5.62. The molecule has 1 aliphatic heterocycles. The number of fused-ring (bicyclic) bond motifs is 1. The van der Waals surface area contributed by atoms with Gasteiger partial charge in [0.25, 0.3) is 5.91 Å². The number of ether oxygens (including phenoxy) is 3. The van der Waals surface area contributed by atoms with Crippen LogP contribution in [-0.4, -0.2) is 89.9 Å². The van der Waals surface area contributed by atoms with Gasteiger partial charge in [-0.15, -0.1) is 0 Å². The highest BCUT2D eigenvalue weighted by Gasteiger charge is 2.30. The molecule has 0 atom stereocenters. The highest BCUT2D eigenvalue weighted by Crippen LogP contribution is 2.30. The Morgan fingerprint density at radius 3 is 2.21 bits per heavy atom. The van der Waals surface area contributed by atoms with E-state index in [9.17, 15) is 22.8 Å². The molecule has 0 unspecified atom stereocenters. The van der Waals surface area contributed by atoms with Gasteiger partial charge in [-0.05, 0) is 87.2 Å². The van der Waals surface area contributed by atoms with Gasteiger partial charge in [-0.2, -0.15) is 13.2 Å². The van der Waals surface area contributed by atoms with E-state index in [0.29, 0.717) is 61.1 Å². The van der Waals surface area contributed by atoms with Gasteiger partial charge in [0.05, 0.1) is 29.8 Å². The van der Waals surface area contributed by atoms with Crippen molar-refractivity contribution in [3.05, 3.63) is 94.0 Å². The van der Waals surface area contributed by atoms with Gasteiger partial charge in [0, 0.05) is 49.0 Å². The number of piperazine rings is 1. The molecular weight excluding hydrogens is 749 g/mol. The molecule has 15 heteroatoms. The van der Waals surface area contributed by atoms with Crippen LogP contribution in [0.15, 0.2) is 72.3 Å². The minimum absolute atomic E-state index is 0.0541. The highest BCUT2D eigenvalue weighted by molar-refractivity contribution is 6.31. The lowest BCUT2D eigenvalue weighted by molar-refractivity contribution is -0.137. The molecule has 304 valence electrons. The van der Waals surface area contributed by atoms with Gasteiger partial charge in [-0.25, -0.2) is 9.78 Å². The molecule has 1 aromatic heterocycles. The summed E-state index contributed by atoms with van der Waals surface area (Å²) in [5.41, 5.74) is 7.73. The molecule has 1 saturated heterocycles. The predicted molar refractivity (Wildman–Crippen MR) is 214 cm³/mol. The molecule has 2 heterocycles. The number of nitrogens with one attached hydrogen (secondary N) is 2. The summed E-state index contributed by atoms with van der Waals surface area (Å²) in [6.45, 7) is 14.6. The van der Waals surface area contributed by atoms with E-state index in [-0.39, 0.29) is 35.3 Å². The van der Waals surface area contributed by atoms with Crippen molar-refractivity contribution in [1.82, 2.24) is 19.8 Å². The van der Waals surface area contributed by atoms with Crippen molar-refractivity contribution in [2.24, 2.45) is 5.73 Å². The summed E-state index contributed by atoms with van der Waals surface area (Å²) in [4.78, 5) is 37.2. The van der Waals surface area contributed by atoms with Gasteiger partial charge in [-0.1, -0.05) is 56.1 Å². The number of halogens is 4. The second kappa shape index (κ2) is 20.4. The Hall–Kier alpha value is -4.79. The second-order valence-corrected chi connectivity index (χ2v) is 14.7. The van der Waals surface area contributed by atoms with Gasteiger partial charge in [0.2, 0.25) is 5.95 Å². The fraction of sp³-hybridized carbons (Fsp3) is 0.439. The summed E-state index contributed by atoms with van der Waals surface area (Å²) < 4.78 is 56.6. The molecule has 0 spiro atoms. The molecule has 2 amide bonds. The first-order chi connectivity index (χ1) is 26.6. The number of imidazole rings is 1. The Bertz CT molecular complexity index is 1900. The minimum atomic E-state index is -4.51. The smallest absolute Gasteiger partial charge is 0.416 e. The third kappa shape index (κ3) is 13.7. The van der Waals surface area contributed by atoms with Crippen LogP contribution in [0.4, 0.5) is 23.9 Å². The first-order valence-corrected chi connectivity index (χ1v) is 19.1. The average Bonchev–Trinajstić information content (AvgIpc) is 3.54. The standard InChI is InChI=1S/C38H44ClF3N6O5.C3H8/c1-37(2,3)53-36(50)48-18-16-47(17-19-48)20-21-51-22-23-52-29-12-4-25(5-13-29)6-14-30(33(43)26-7-9-27(10-8-26)38(40,41)42)34(49)46-35-44-31-15-11-28(39)24-32(31)45-35;1-3-2/h4-5,7-13,15,24H,6,14,16-23,43H2,1-3H3,(H2,44,45,46,49);3H2,1-2H3/b33-30-;. The predicted octanol–water partition coefficient (Wildman–Crippen LogP) is 8.54. The van der Waals surface area contributed by atoms with E-state index in [1.54, 1.807) is 23.1 Å². The number of benzene rings is 3. The molecule has 1 aliphatic rings. The molecule has 0 radical (unpaired) electrons. The quantitative estimate of drug-likeness (QED) is 0.0905. The summed E-state index contributed by atoms with van der Waals surface area (Å²) in [5, 5.41) is 3.23. The summed E-state index contributed by atoms with van der Waals surface area (Å²) in [5.74, 6) is 0.280.